The van der Waals surface area contributed by atoms with E-state index in [-0.39, 0.29) is 0 Å². The number of hydrogen-bond acceptors (Lipinski definition) is 2. The van der Waals surface area contributed by atoms with Gasteiger partial charge >= 0.3 is 0 Å². The van der Waals surface area contributed by atoms with Gasteiger partial charge in [0.05, 0.1) is 6.20 Å². The van der Waals surface area contributed by atoms with Gasteiger partial charge in [0.2, 0.25) is 0 Å². The number of hydrogen-bond donors (Lipinski definition) is 1. The van der Waals surface area contributed by atoms with E-state index in [1.54, 1.807) is 0 Å². The quantitative estimate of drug-likeness (QED) is 0.854. The number of rotatable bonds is 2. The Hall–Kier alpha value is -0.830. The van der Waals surface area contributed by atoms with Gasteiger partial charge < -0.3 is 5.32 Å². The fraction of sp³-hybridized carbons (Fsp3) is 0.786. The molecule has 2 atom stereocenters. The van der Waals surface area contributed by atoms with Gasteiger partial charge in [-0.05, 0) is 31.6 Å². The van der Waals surface area contributed by atoms with Crippen molar-refractivity contribution in [1.82, 2.24) is 15.1 Å². The Morgan fingerprint density at radius 2 is 2.18 bits per heavy atom. The third kappa shape index (κ3) is 2.54. The highest BCUT2D eigenvalue weighted by atomic mass is 15.3. The molecule has 1 aliphatic carbocycles. The van der Waals surface area contributed by atoms with Crippen molar-refractivity contribution in [2.24, 2.45) is 12.5 Å². The molecular formula is C14H25N3. The Morgan fingerprint density at radius 3 is 2.82 bits per heavy atom. The van der Waals surface area contributed by atoms with Gasteiger partial charge in [0, 0.05) is 30.4 Å². The van der Waals surface area contributed by atoms with Crippen LogP contribution in [0.15, 0.2) is 6.20 Å². The summed E-state index contributed by atoms with van der Waals surface area (Å²) >= 11 is 0. The molecule has 3 heteroatoms. The normalized spacial score (nSPS) is 22.3. The van der Waals surface area contributed by atoms with Gasteiger partial charge in [-0.15, -0.1) is 0 Å². The Morgan fingerprint density at radius 1 is 1.47 bits per heavy atom. The Bertz CT molecular complexity index is 387. The minimum Gasteiger partial charge on any atom is -0.307 e. The molecule has 0 saturated carbocycles. The first-order valence-corrected chi connectivity index (χ1v) is 6.66. The molecule has 1 N–H and O–H groups in total. The van der Waals surface area contributed by atoms with E-state index < -0.39 is 0 Å². The van der Waals surface area contributed by atoms with Crippen LogP contribution in [0.5, 0.6) is 0 Å². The second-order valence-electron chi connectivity index (χ2n) is 6.37. The Labute approximate surface area is 105 Å². The summed E-state index contributed by atoms with van der Waals surface area (Å²) in [6, 6.07) is 1.00. The average Bonchev–Trinajstić information content (AvgIpc) is 2.60. The van der Waals surface area contributed by atoms with Crippen molar-refractivity contribution in [2.45, 2.75) is 59.0 Å². The van der Waals surface area contributed by atoms with Crippen LogP contribution < -0.4 is 5.32 Å². The largest absolute Gasteiger partial charge is 0.307 e. The Balaban J connectivity index is 2.14. The van der Waals surface area contributed by atoms with Crippen LogP contribution in [-0.4, -0.2) is 15.8 Å². The predicted molar refractivity (Wildman–Crippen MR) is 70.9 cm³/mol. The summed E-state index contributed by atoms with van der Waals surface area (Å²) in [7, 11) is 2.05. The molecule has 0 saturated heterocycles. The molecule has 0 radical (unpaired) electrons. The van der Waals surface area contributed by atoms with Gasteiger partial charge in [-0.25, -0.2) is 0 Å². The zero-order chi connectivity index (χ0) is 12.6. The van der Waals surface area contributed by atoms with Gasteiger partial charge in [-0.1, -0.05) is 20.8 Å². The highest BCUT2D eigenvalue weighted by Gasteiger charge is 2.28. The standard InChI is InChI=1S/C14H25N3/c1-10(14(2,3)4)16-12-7-6-8-13-11(12)9-15-17(13)5/h9-10,12,16H,6-8H2,1-5H3. The summed E-state index contributed by atoms with van der Waals surface area (Å²) < 4.78 is 2.03. The molecule has 0 aromatic carbocycles. The lowest BCUT2D eigenvalue weighted by atomic mass is 9.85. The van der Waals surface area contributed by atoms with Crippen LogP contribution in [0, 0.1) is 5.41 Å². The molecule has 1 aliphatic rings. The molecular weight excluding hydrogens is 210 g/mol. The third-order valence-electron chi connectivity index (χ3n) is 4.13. The second-order valence-corrected chi connectivity index (χ2v) is 6.37. The lowest BCUT2D eigenvalue weighted by molar-refractivity contribution is 0.253. The van der Waals surface area contributed by atoms with Gasteiger partial charge in [0.1, 0.15) is 0 Å². The first-order chi connectivity index (χ1) is 7.89. The first kappa shape index (κ1) is 12.6. The lowest BCUT2D eigenvalue weighted by Crippen LogP contribution is -2.40. The lowest BCUT2D eigenvalue weighted by Gasteiger charge is -2.34. The maximum absolute atomic E-state index is 4.39. The molecule has 1 aromatic heterocycles. The molecule has 17 heavy (non-hydrogen) atoms. The van der Waals surface area contributed by atoms with Crippen molar-refractivity contribution in [2.75, 3.05) is 0 Å². The van der Waals surface area contributed by atoms with E-state index in [1.807, 2.05) is 10.9 Å². The van der Waals surface area contributed by atoms with Gasteiger partial charge in [0.25, 0.3) is 0 Å². The van der Waals surface area contributed by atoms with Gasteiger partial charge in [-0.3, -0.25) is 4.68 Å². The molecule has 1 heterocycles. The van der Waals surface area contributed by atoms with Crippen LogP contribution in [0.2, 0.25) is 0 Å². The highest BCUT2D eigenvalue weighted by Crippen LogP contribution is 2.31. The first-order valence-electron chi connectivity index (χ1n) is 6.66. The monoisotopic (exact) mass is 235 g/mol. The van der Waals surface area contributed by atoms with Crippen molar-refractivity contribution in [3.05, 3.63) is 17.5 Å². The molecule has 0 spiro atoms. The maximum atomic E-state index is 4.39. The minimum atomic E-state index is 0.305. The summed E-state index contributed by atoms with van der Waals surface area (Å²) in [5, 5.41) is 8.17. The van der Waals surface area contributed by atoms with Crippen molar-refractivity contribution in [3.63, 3.8) is 0 Å². The molecule has 0 aliphatic heterocycles. The third-order valence-corrected chi connectivity index (χ3v) is 4.13. The molecule has 0 bridgehead atoms. The molecule has 0 fully saturated rings. The number of aryl methyl sites for hydroxylation is 1. The van der Waals surface area contributed by atoms with Crippen LogP contribution in [-0.2, 0) is 13.5 Å². The van der Waals surface area contributed by atoms with E-state index in [2.05, 4.69) is 45.2 Å². The number of aromatic nitrogens is 2. The summed E-state index contributed by atoms with van der Waals surface area (Å²) in [6.07, 6.45) is 5.72. The smallest absolute Gasteiger partial charge is 0.0540 e. The van der Waals surface area contributed by atoms with E-state index in [9.17, 15) is 0 Å². The molecule has 0 amide bonds. The number of nitrogens with one attached hydrogen (secondary N) is 1. The summed E-state index contributed by atoms with van der Waals surface area (Å²) in [6.45, 7) is 9.15. The molecule has 1 aromatic rings. The average molecular weight is 235 g/mol. The van der Waals surface area contributed by atoms with E-state index in [0.29, 0.717) is 17.5 Å². The Kier molecular flexibility index (Phi) is 3.30. The van der Waals surface area contributed by atoms with E-state index in [4.69, 9.17) is 0 Å². The van der Waals surface area contributed by atoms with E-state index >= 15 is 0 Å². The van der Waals surface area contributed by atoms with Crippen LogP contribution in [0.3, 0.4) is 0 Å². The van der Waals surface area contributed by atoms with E-state index in [1.165, 1.54) is 30.5 Å². The highest BCUT2D eigenvalue weighted by molar-refractivity contribution is 5.24. The van der Waals surface area contributed by atoms with E-state index in [0.717, 1.165) is 0 Å². The van der Waals surface area contributed by atoms with Crippen molar-refractivity contribution >= 4 is 0 Å². The minimum absolute atomic E-state index is 0.305. The fourth-order valence-electron chi connectivity index (χ4n) is 2.43. The second kappa shape index (κ2) is 4.45. The van der Waals surface area contributed by atoms with Crippen LogP contribution in [0.25, 0.3) is 0 Å². The molecule has 2 unspecified atom stereocenters. The molecule has 96 valence electrons. The fourth-order valence-corrected chi connectivity index (χ4v) is 2.43. The van der Waals surface area contributed by atoms with Crippen molar-refractivity contribution in [1.29, 1.82) is 0 Å². The number of fused-ring (bicyclic) bond motifs is 1. The van der Waals surface area contributed by atoms with Crippen molar-refractivity contribution in [3.8, 4) is 0 Å². The van der Waals surface area contributed by atoms with Crippen LogP contribution in [0.4, 0.5) is 0 Å². The summed E-state index contributed by atoms with van der Waals surface area (Å²) in [5.41, 5.74) is 3.13. The topological polar surface area (TPSA) is 29.9 Å². The molecule has 3 nitrogen and oxygen atoms in total. The number of nitrogens with zero attached hydrogens (tertiary/aromatic N) is 2. The zero-order valence-electron chi connectivity index (χ0n) is 11.7. The van der Waals surface area contributed by atoms with Crippen LogP contribution >= 0.6 is 0 Å². The maximum Gasteiger partial charge on any atom is 0.0540 e. The van der Waals surface area contributed by atoms with Gasteiger partial charge in [0.15, 0.2) is 0 Å². The van der Waals surface area contributed by atoms with Crippen LogP contribution in [0.1, 0.15) is 57.8 Å². The summed E-state index contributed by atoms with van der Waals surface area (Å²) in [4.78, 5) is 0. The zero-order valence-corrected chi connectivity index (χ0v) is 11.7. The van der Waals surface area contributed by atoms with Crippen molar-refractivity contribution < 1.29 is 0 Å². The molecule has 2 rings (SSSR count). The van der Waals surface area contributed by atoms with Gasteiger partial charge in [-0.2, -0.15) is 5.10 Å². The predicted octanol–water partition coefficient (Wildman–Crippen LogP) is 2.82. The summed E-state index contributed by atoms with van der Waals surface area (Å²) in [5.74, 6) is 0. The SMILES string of the molecule is CC(NC1CCCc2c1cnn2C)C(C)(C)C.